The third-order valence-electron chi connectivity index (χ3n) is 3.32. The highest BCUT2D eigenvalue weighted by atomic mass is 35.5. The van der Waals surface area contributed by atoms with E-state index in [1.54, 1.807) is 18.2 Å². The number of benzene rings is 2. The first-order valence-corrected chi connectivity index (χ1v) is 8.89. The molecule has 9 heteroatoms. The van der Waals surface area contributed by atoms with Crippen LogP contribution >= 0.6 is 11.6 Å². The van der Waals surface area contributed by atoms with Crippen molar-refractivity contribution < 1.29 is 28.2 Å². The highest BCUT2D eigenvalue weighted by molar-refractivity contribution is 6.30. The number of urea groups is 1. The van der Waals surface area contributed by atoms with E-state index in [0.717, 1.165) is 6.07 Å². The topological polar surface area (TPSA) is 85.9 Å². The van der Waals surface area contributed by atoms with Crippen LogP contribution in [0.2, 0.25) is 5.02 Å². The van der Waals surface area contributed by atoms with Crippen LogP contribution in [0.3, 0.4) is 0 Å². The van der Waals surface area contributed by atoms with Crippen molar-refractivity contribution in [3.05, 3.63) is 47.2 Å². The van der Waals surface area contributed by atoms with Crippen LogP contribution in [0.15, 0.2) is 36.4 Å². The fourth-order valence-electron chi connectivity index (χ4n) is 2.17. The lowest BCUT2D eigenvalue weighted by molar-refractivity contribution is -0.121. The standard InChI is InChI=1S/C19H20ClFN2O5/c1-3-26-16-8-5-12(9-17(16)27-4-2)22-19(25)23-18(24)11-28-13-6-7-15(21)14(20)10-13/h5-10H,3-4,11H2,1-2H3,(H2,22,23,24,25). The smallest absolute Gasteiger partial charge is 0.325 e. The molecule has 0 aliphatic rings. The number of amides is 3. The van der Waals surface area contributed by atoms with E-state index in [4.69, 9.17) is 25.8 Å². The zero-order valence-corrected chi connectivity index (χ0v) is 16.1. The fraction of sp³-hybridized carbons (Fsp3) is 0.263. The molecular formula is C19H20ClFN2O5. The zero-order chi connectivity index (χ0) is 20.5. The molecule has 3 amide bonds. The second-order valence-corrected chi connectivity index (χ2v) is 5.80. The Morgan fingerprint density at radius 3 is 2.39 bits per heavy atom. The van der Waals surface area contributed by atoms with Crippen molar-refractivity contribution in [3.8, 4) is 17.2 Å². The van der Waals surface area contributed by atoms with Gasteiger partial charge >= 0.3 is 6.03 Å². The summed E-state index contributed by atoms with van der Waals surface area (Å²) in [5, 5.41) is 4.52. The van der Waals surface area contributed by atoms with Gasteiger partial charge in [0, 0.05) is 17.8 Å². The third-order valence-corrected chi connectivity index (χ3v) is 3.60. The van der Waals surface area contributed by atoms with Crippen LogP contribution in [0.4, 0.5) is 14.9 Å². The molecule has 0 heterocycles. The molecular weight excluding hydrogens is 391 g/mol. The summed E-state index contributed by atoms with van der Waals surface area (Å²) < 4.78 is 29.2. The van der Waals surface area contributed by atoms with Gasteiger partial charge in [-0.05, 0) is 38.1 Å². The van der Waals surface area contributed by atoms with Crippen molar-refractivity contribution in [2.45, 2.75) is 13.8 Å². The van der Waals surface area contributed by atoms with E-state index < -0.39 is 24.4 Å². The zero-order valence-electron chi connectivity index (χ0n) is 15.4. The molecule has 2 N–H and O–H groups in total. The molecule has 0 aromatic heterocycles. The number of nitrogens with one attached hydrogen (secondary N) is 2. The average Bonchev–Trinajstić information content (AvgIpc) is 2.65. The average molecular weight is 411 g/mol. The molecule has 0 atom stereocenters. The molecule has 0 radical (unpaired) electrons. The number of halogens is 2. The molecule has 7 nitrogen and oxygen atoms in total. The normalized spacial score (nSPS) is 10.1. The summed E-state index contributed by atoms with van der Waals surface area (Å²) in [7, 11) is 0. The van der Waals surface area contributed by atoms with Gasteiger partial charge in [-0.15, -0.1) is 0 Å². The Morgan fingerprint density at radius 1 is 1.00 bits per heavy atom. The molecule has 0 aliphatic carbocycles. The molecule has 2 aromatic carbocycles. The highest BCUT2D eigenvalue weighted by Crippen LogP contribution is 2.30. The van der Waals surface area contributed by atoms with Gasteiger partial charge < -0.3 is 19.5 Å². The molecule has 28 heavy (non-hydrogen) atoms. The Hall–Kier alpha value is -3.00. The van der Waals surface area contributed by atoms with Gasteiger partial charge in [-0.3, -0.25) is 10.1 Å². The van der Waals surface area contributed by atoms with E-state index >= 15 is 0 Å². The van der Waals surface area contributed by atoms with Crippen LogP contribution < -0.4 is 24.8 Å². The van der Waals surface area contributed by atoms with Gasteiger partial charge in [0.05, 0.1) is 18.2 Å². The largest absolute Gasteiger partial charge is 0.490 e. The predicted molar refractivity (Wildman–Crippen MR) is 103 cm³/mol. The molecule has 2 aromatic rings. The Labute approximate surface area is 166 Å². The number of carbonyl (C=O) groups excluding carboxylic acids is 2. The van der Waals surface area contributed by atoms with Gasteiger partial charge in [-0.25, -0.2) is 9.18 Å². The number of anilines is 1. The summed E-state index contributed by atoms with van der Waals surface area (Å²) >= 11 is 5.63. The van der Waals surface area contributed by atoms with E-state index in [1.165, 1.54) is 12.1 Å². The van der Waals surface area contributed by atoms with Gasteiger partial charge in [0.2, 0.25) is 0 Å². The Balaban J connectivity index is 1.89. The molecule has 2 rings (SSSR count). The SMILES string of the molecule is CCOc1ccc(NC(=O)NC(=O)COc2ccc(F)c(Cl)c2)cc1OCC. The Bertz CT molecular complexity index is 847. The molecule has 150 valence electrons. The molecule has 0 fully saturated rings. The summed E-state index contributed by atoms with van der Waals surface area (Å²) in [6.07, 6.45) is 0. The number of imide groups is 1. The van der Waals surface area contributed by atoms with E-state index in [1.807, 2.05) is 13.8 Å². The van der Waals surface area contributed by atoms with Crippen LogP contribution in [0, 0.1) is 5.82 Å². The van der Waals surface area contributed by atoms with Crippen LogP contribution in [0.25, 0.3) is 0 Å². The molecule has 0 bridgehead atoms. The molecule has 0 unspecified atom stereocenters. The summed E-state index contributed by atoms with van der Waals surface area (Å²) in [5.41, 5.74) is 0.420. The number of hydrogen-bond acceptors (Lipinski definition) is 5. The van der Waals surface area contributed by atoms with Crippen molar-refractivity contribution in [3.63, 3.8) is 0 Å². The minimum absolute atomic E-state index is 0.128. The lowest BCUT2D eigenvalue weighted by Gasteiger charge is -2.13. The van der Waals surface area contributed by atoms with Crippen LogP contribution in [-0.4, -0.2) is 31.8 Å². The second-order valence-electron chi connectivity index (χ2n) is 5.39. The fourth-order valence-corrected chi connectivity index (χ4v) is 2.34. The lowest BCUT2D eigenvalue weighted by atomic mass is 10.2. The summed E-state index contributed by atoms with van der Waals surface area (Å²) in [6, 6.07) is 7.81. The van der Waals surface area contributed by atoms with Gasteiger partial charge in [0.25, 0.3) is 5.91 Å². The first-order chi connectivity index (χ1) is 13.4. The van der Waals surface area contributed by atoms with E-state index in [9.17, 15) is 14.0 Å². The molecule has 0 saturated heterocycles. The van der Waals surface area contributed by atoms with Gasteiger partial charge in [0.15, 0.2) is 18.1 Å². The van der Waals surface area contributed by atoms with E-state index in [-0.39, 0.29) is 10.8 Å². The second kappa shape index (κ2) is 10.4. The monoisotopic (exact) mass is 410 g/mol. The Kier molecular flexibility index (Phi) is 7.88. The minimum Gasteiger partial charge on any atom is -0.490 e. The first-order valence-electron chi connectivity index (χ1n) is 8.51. The van der Waals surface area contributed by atoms with E-state index in [2.05, 4.69) is 10.6 Å². The number of carbonyl (C=O) groups is 2. The van der Waals surface area contributed by atoms with Gasteiger partial charge in [0.1, 0.15) is 11.6 Å². The number of ether oxygens (including phenoxy) is 3. The quantitative estimate of drug-likeness (QED) is 0.686. The minimum atomic E-state index is -0.739. The summed E-state index contributed by atoms with van der Waals surface area (Å²) in [5.74, 6) is -0.0499. The number of rotatable bonds is 8. The Morgan fingerprint density at radius 2 is 1.71 bits per heavy atom. The van der Waals surface area contributed by atoms with Gasteiger partial charge in [-0.1, -0.05) is 11.6 Å². The lowest BCUT2D eigenvalue weighted by Crippen LogP contribution is -2.37. The predicted octanol–water partition coefficient (Wildman–Crippen LogP) is 4.00. The van der Waals surface area contributed by atoms with Crippen molar-refractivity contribution in [1.29, 1.82) is 0 Å². The third kappa shape index (κ3) is 6.31. The van der Waals surface area contributed by atoms with Crippen LogP contribution in [0.5, 0.6) is 17.2 Å². The van der Waals surface area contributed by atoms with Crippen molar-refractivity contribution in [1.82, 2.24) is 5.32 Å². The maximum absolute atomic E-state index is 13.1. The van der Waals surface area contributed by atoms with Crippen molar-refractivity contribution in [2.24, 2.45) is 0 Å². The molecule has 0 saturated carbocycles. The molecule has 0 spiro atoms. The summed E-state index contributed by atoms with van der Waals surface area (Å²) in [6.45, 7) is 4.14. The van der Waals surface area contributed by atoms with Gasteiger partial charge in [-0.2, -0.15) is 0 Å². The highest BCUT2D eigenvalue weighted by Gasteiger charge is 2.12. The number of hydrogen-bond donors (Lipinski definition) is 2. The van der Waals surface area contributed by atoms with Crippen molar-refractivity contribution in [2.75, 3.05) is 25.1 Å². The maximum atomic E-state index is 13.1. The summed E-state index contributed by atoms with van der Waals surface area (Å²) in [4.78, 5) is 23.8. The van der Waals surface area contributed by atoms with Crippen molar-refractivity contribution >= 4 is 29.2 Å². The van der Waals surface area contributed by atoms with Crippen LogP contribution in [-0.2, 0) is 4.79 Å². The molecule has 0 aliphatic heterocycles. The first kappa shape index (κ1) is 21.3. The van der Waals surface area contributed by atoms with E-state index in [0.29, 0.717) is 30.4 Å². The van der Waals surface area contributed by atoms with Crippen LogP contribution in [0.1, 0.15) is 13.8 Å². The maximum Gasteiger partial charge on any atom is 0.325 e.